The molecule has 2 aromatic carbocycles. The Morgan fingerprint density at radius 3 is 2.52 bits per heavy atom. The SMILES string of the molecule is O=c1cc(-c2ccccc2)c2ccc(O[C@H]3OC[C@H](O)[C@H](O)[C@H]3O)cc2o1. The monoisotopic (exact) mass is 370 g/mol. The van der Waals surface area contributed by atoms with Crippen molar-refractivity contribution in [3.05, 3.63) is 65.0 Å². The second-order valence-electron chi connectivity index (χ2n) is 6.37. The van der Waals surface area contributed by atoms with Crippen LogP contribution in [0, 0.1) is 0 Å². The predicted octanol–water partition coefficient (Wildman–Crippen LogP) is 1.28. The molecule has 1 fully saturated rings. The number of ether oxygens (including phenoxy) is 2. The normalized spacial score (nSPS) is 25.4. The van der Waals surface area contributed by atoms with E-state index in [0.29, 0.717) is 11.3 Å². The summed E-state index contributed by atoms with van der Waals surface area (Å²) in [7, 11) is 0. The Hall–Kier alpha value is -2.71. The molecule has 0 bridgehead atoms. The summed E-state index contributed by atoms with van der Waals surface area (Å²) in [5.74, 6) is 0.295. The summed E-state index contributed by atoms with van der Waals surface area (Å²) in [4.78, 5) is 12.0. The second-order valence-corrected chi connectivity index (χ2v) is 6.37. The van der Waals surface area contributed by atoms with E-state index < -0.39 is 30.2 Å². The molecule has 3 N–H and O–H groups in total. The maximum Gasteiger partial charge on any atom is 0.336 e. The molecule has 1 aliphatic rings. The topological polar surface area (TPSA) is 109 Å². The molecule has 7 heteroatoms. The zero-order valence-electron chi connectivity index (χ0n) is 14.2. The van der Waals surface area contributed by atoms with Crippen molar-refractivity contribution >= 4 is 11.0 Å². The molecule has 0 radical (unpaired) electrons. The van der Waals surface area contributed by atoms with Gasteiger partial charge in [0.15, 0.2) is 0 Å². The number of aliphatic hydroxyl groups excluding tert-OH is 3. The smallest absolute Gasteiger partial charge is 0.336 e. The van der Waals surface area contributed by atoms with Crippen LogP contribution in [0.25, 0.3) is 22.1 Å². The van der Waals surface area contributed by atoms with Gasteiger partial charge in [-0.05, 0) is 23.3 Å². The van der Waals surface area contributed by atoms with E-state index in [-0.39, 0.29) is 6.61 Å². The number of hydrogen-bond acceptors (Lipinski definition) is 7. The Labute approximate surface area is 154 Å². The van der Waals surface area contributed by atoms with E-state index >= 15 is 0 Å². The first kappa shape index (κ1) is 17.7. The summed E-state index contributed by atoms with van der Waals surface area (Å²) in [5.41, 5.74) is 1.45. The van der Waals surface area contributed by atoms with Gasteiger partial charge in [0, 0.05) is 17.5 Å². The molecule has 1 aromatic heterocycles. The molecule has 4 atom stereocenters. The van der Waals surface area contributed by atoms with Gasteiger partial charge in [-0.3, -0.25) is 0 Å². The molecule has 27 heavy (non-hydrogen) atoms. The van der Waals surface area contributed by atoms with Gasteiger partial charge >= 0.3 is 5.63 Å². The summed E-state index contributed by atoms with van der Waals surface area (Å²) >= 11 is 0. The van der Waals surface area contributed by atoms with Crippen LogP contribution in [0.4, 0.5) is 0 Å². The Kier molecular flexibility index (Phi) is 4.67. The maximum absolute atomic E-state index is 12.0. The molecule has 0 aliphatic carbocycles. The summed E-state index contributed by atoms with van der Waals surface area (Å²) < 4.78 is 16.1. The lowest BCUT2D eigenvalue weighted by Gasteiger charge is -2.34. The first-order valence-corrected chi connectivity index (χ1v) is 8.49. The van der Waals surface area contributed by atoms with Crippen molar-refractivity contribution in [2.24, 2.45) is 0 Å². The largest absolute Gasteiger partial charge is 0.462 e. The van der Waals surface area contributed by atoms with Crippen LogP contribution in [-0.2, 0) is 4.74 Å². The van der Waals surface area contributed by atoms with E-state index in [2.05, 4.69) is 0 Å². The molecule has 0 amide bonds. The van der Waals surface area contributed by atoms with Crippen LogP contribution >= 0.6 is 0 Å². The fourth-order valence-electron chi connectivity index (χ4n) is 3.09. The Morgan fingerprint density at radius 2 is 1.74 bits per heavy atom. The maximum atomic E-state index is 12.0. The van der Waals surface area contributed by atoms with Crippen LogP contribution in [0.15, 0.2) is 63.8 Å². The van der Waals surface area contributed by atoms with Gasteiger partial charge < -0.3 is 29.2 Å². The van der Waals surface area contributed by atoms with Crippen molar-refractivity contribution < 1.29 is 29.2 Å². The molecular weight excluding hydrogens is 352 g/mol. The zero-order chi connectivity index (χ0) is 19.0. The van der Waals surface area contributed by atoms with E-state index in [4.69, 9.17) is 13.9 Å². The Bertz CT molecular complexity index is 998. The molecule has 1 aliphatic heterocycles. The van der Waals surface area contributed by atoms with Crippen LogP contribution in [0.3, 0.4) is 0 Å². The van der Waals surface area contributed by atoms with Gasteiger partial charge in [-0.25, -0.2) is 4.79 Å². The van der Waals surface area contributed by atoms with Crippen molar-refractivity contribution in [1.82, 2.24) is 0 Å². The average molecular weight is 370 g/mol. The van der Waals surface area contributed by atoms with Gasteiger partial charge in [0.1, 0.15) is 29.6 Å². The van der Waals surface area contributed by atoms with Gasteiger partial charge in [0.25, 0.3) is 0 Å². The molecular formula is C20H18O7. The van der Waals surface area contributed by atoms with E-state index in [1.165, 1.54) is 12.1 Å². The van der Waals surface area contributed by atoms with Gasteiger partial charge in [-0.2, -0.15) is 0 Å². The van der Waals surface area contributed by atoms with Crippen LogP contribution in [0.5, 0.6) is 5.75 Å². The van der Waals surface area contributed by atoms with E-state index in [9.17, 15) is 20.1 Å². The van der Waals surface area contributed by atoms with E-state index in [1.807, 2.05) is 30.3 Å². The predicted molar refractivity (Wildman–Crippen MR) is 96.3 cm³/mol. The summed E-state index contributed by atoms with van der Waals surface area (Å²) in [5, 5.41) is 30.0. The molecule has 4 rings (SSSR count). The third kappa shape index (κ3) is 3.45. The van der Waals surface area contributed by atoms with Crippen LogP contribution in [-0.4, -0.2) is 46.5 Å². The van der Waals surface area contributed by atoms with Crippen molar-refractivity contribution in [3.8, 4) is 16.9 Å². The molecule has 0 unspecified atom stereocenters. The van der Waals surface area contributed by atoms with Gasteiger partial charge in [0.2, 0.25) is 6.29 Å². The third-order valence-corrected chi connectivity index (χ3v) is 4.51. The highest BCUT2D eigenvalue weighted by atomic mass is 16.7. The van der Waals surface area contributed by atoms with Crippen LogP contribution in [0.1, 0.15) is 0 Å². The van der Waals surface area contributed by atoms with Crippen molar-refractivity contribution in [1.29, 1.82) is 0 Å². The summed E-state index contributed by atoms with van der Waals surface area (Å²) in [6, 6.07) is 15.8. The molecule has 7 nitrogen and oxygen atoms in total. The minimum Gasteiger partial charge on any atom is -0.462 e. The molecule has 0 saturated carbocycles. The van der Waals surface area contributed by atoms with Gasteiger partial charge in [-0.1, -0.05) is 30.3 Å². The first-order valence-electron chi connectivity index (χ1n) is 8.49. The fraction of sp³-hybridized carbons (Fsp3) is 0.250. The zero-order valence-corrected chi connectivity index (χ0v) is 14.2. The highest BCUT2D eigenvalue weighted by Gasteiger charge is 2.39. The lowest BCUT2D eigenvalue weighted by molar-refractivity contribution is -0.242. The van der Waals surface area contributed by atoms with Crippen molar-refractivity contribution in [2.75, 3.05) is 6.61 Å². The quantitative estimate of drug-likeness (QED) is 0.596. The van der Waals surface area contributed by atoms with Crippen LogP contribution in [0.2, 0.25) is 0 Å². The molecule has 2 heterocycles. The number of hydrogen-bond donors (Lipinski definition) is 3. The summed E-state index contributed by atoms with van der Waals surface area (Å²) in [6.07, 6.45) is -5.10. The molecule has 0 spiro atoms. The van der Waals surface area contributed by atoms with Crippen LogP contribution < -0.4 is 10.4 Å². The fourth-order valence-corrected chi connectivity index (χ4v) is 3.09. The number of rotatable bonds is 3. The number of aliphatic hydroxyl groups is 3. The number of benzene rings is 2. The third-order valence-electron chi connectivity index (χ3n) is 4.51. The molecule has 3 aromatic rings. The van der Waals surface area contributed by atoms with E-state index in [1.54, 1.807) is 12.1 Å². The first-order chi connectivity index (χ1) is 13.0. The molecule has 140 valence electrons. The minimum absolute atomic E-state index is 0.163. The van der Waals surface area contributed by atoms with Gasteiger partial charge in [-0.15, -0.1) is 0 Å². The highest BCUT2D eigenvalue weighted by Crippen LogP contribution is 2.30. The van der Waals surface area contributed by atoms with Gasteiger partial charge in [0.05, 0.1) is 6.61 Å². The summed E-state index contributed by atoms with van der Waals surface area (Å²) in [6.45, 7) is -0.163. The lowest BCUT2D eigenvalue weighted by Crippen LogP contribution is -2.54. The average Bonchev–Trinajstić information content (AvgIpc) is 2.68. The highest BCUT2D eigenvalue weighted by molar-refractivity contribution is 5.93. The standard InChI is InChI=1S/C20H18O7/c21-15-10-25-20(19(24)18(15)23)26-12-6-7-13-14(11-4-2-1-3-5-11)9-17(22)27-16(13)8-12/h1-9,15,18-21,23-24H,10H2/t15-,18-,19+,20+/m0/s1. The lowest BCUT2D eigenvalue weighted by atomic mass is 10.0. The minimum atomic E-state index is -1.41. The second kappa shape index (κ2) is 7.13. The van der Waals surface area contributed by atoms with E-state index in [0.717, 1.165) is 16.5 Å². The van der Waals surface area contributed by atoms with Crippen molar-refractivity contribution in [2.45, 2.75) is 24.6 Å². The Morgan fingerprint density at radius 1 is 0.963 bits per heavy atom. The number of fused-ring (bicyclic) bond motifs is 1. The molecule has 1 saturated heterocycles. The Balaban J connectivity index is 1.68. The van der Waals surface area contributed by atoms with Crippen molar-refractivity contribution in [3.63, 3.8) is 0 Å².